The molecule has 2 heterocycles. The zero-order valence-electron chi connectivity index (χ0n) is 12.5. The Hall–Kier alpha value is -0.120. The molecule has 0 amide bonds. The van der Waals surface area contributed by atoms with Gasteiger partial charge in [0.2, 0.25) is 0 Å². The van der Waals surface area contributed by atoms with Crippen LogP contribution in [-0.2, 0) is 0 Å². The van der Waals surface area contributed by atoms with Crippen molar-refractivity contribution in [2.24, 2.45) is 0 Å². The van der Waals surface area contributed by atoms with Crippen molar-refractivity contribution in [3.8, 4) is 0 Å². The van der Waals surface area contributed by atoms with Crippen molar-refractivity contribution in [1.29, 1.82) is 0 Å². The molecule has 2 fully saturated rings. The Morgan fingerprint density at radius 3 is 2.50 bits per heavy atom. The van der Waals surface area contributed by atoms with Gasteiger partial charge in [-0.05, 0) is 40.2 Å². The third-order valence-corrected chi connectivity index (χ3v) is 4.75. The van der Waals surface area contributed by atoms with Crippen LogP contribution in [0.5, 0.6) is 0 Å². The van der Waals surface area contributed by atoms with E-state index in [4.69, 9.17) is 0 Å². The Bertz CT molecular complexity index is 246. The molecule has 1 N–H and O–H groups in total. The molecule has 0 aliphatic carbocycles. The van der Waals surface area contributed by atoms with E-state index >= 15 is 0 Å². The number of nitrogens with zero attached hydrogens (tertiary/aromatic N) is 2. The van der Waals surface area contributed by atoms with Crippen molar-refractivity contribution >= 4 is 0 Å². The van der Waals surface area contributed by atoms with Crippen LogP contribution in [0.2, 0.25) is 0 Å². The van der Waals surface area contributed by atoms with Gasteiger partial charge in [-0.2, -0.15) is 0 Å². The number of piperazine rings is 1. The van der Waals surface area contributed by atoms with Crippen molar-refractivity contribution in [3.05, 3.63) is 0 Å². The maximum atomic E-state index is 3.45. The second kappa shape index (κ2) is 6.36. The van der Waals surface area contributed by atoms with Gasteiger partial charge in [-0.3, -0.25) is 9.80 Å². The lowest BCUT2D eigenvalue weighted by Gasteiger charge is -2.45. The summed E-state index contributed by atoms with van der Waals surface area (Å²) in [6.45, 7) is 14.5. The van der Waals surface area contributed by atoms with Gasteiger partial charge in [0.05, 0.1) is 0 Å². The Morgan fingerprint density at radius 2 is 1.78 bits per heavy atom. The lowest BCUT2D eigenvalue weighted by atomic mass is 9.99. The summed E-state index contributed by atoms with van der Waals surface area (Å²) in [5.41, 5.74) is 0.320. The number of nitrogens with one attached hydrogen (secondary N) is 1. The normalized spacial score (nSPS) is 29.2. The largest absolute Gasteiger partial charge is 0.314 e. The third kappa shape index (κ3) is 3.69. The van der Waals surface area contributed by atoms with E-state index in [1.165, 1.54) is 51.9 Å². The minimum Gasteiger partial charge on any atom is -0.314 e. The van der Waals surface area contributed by atoms with E-state index in [2.05, 4.69) is 35.9 Å². The summed E-state index contributed by atoms with van der Waals surface area (Å²) in [5, 5.41) is 3.45. The Morgan fingerprint density at radius 1 is 1.06 bits per heavy atom. The molecule has 3 nitrogen and oxygen atoms in total. The molecule has 0 aromatic carbocycles. The summed E-state index contributed by atoms with van der Waals surface area (Å²) < 4.78 is 0. The lowest BCUT2D eigenvalue weighted by molar-refractivity contribution is 0.0507. The molecular formula is C15H31N3. The maximum absolute atomic E-state index is 3.45. The van der Waals surface area contributed by atoms with Crippen LogP contribution in [0.15, 0.2) is 0 Å². The minimum absolute atomic E-state index is 0.320. The molecule has 0 radical (unpaired) electrons. The fourth-order valence-electron chi connectivity index (χ4n) is 3.44. The smallest absolute Gasteiger partial charge is 0.0281 e. The first-order valence-corrected chi connectivity index (χ1v) is 7.79. The number of likely N-dealkylation sites (tertiary alicyclic amines) is 1. The second-order valence-corrected chi connectivity index (χ2v) is 6.72. The highest BCUT2D eigenvalue weighted by atomic mass is 15.3. The van der Waals surface area contributed by atoms with Crippen LogP contribution in [0.1, 0.15) is 46.5 Å². The van der Waals surface area contributed by atoms with Gasteiger partial charge in [-0.15, -0.1) is 0 Å². The van der Waals surface area contributed by atoms with Gasteiger partial charge in [0, 0.05) is 44.3 Å². The van der Waals surface area contributed by atoms with E-state index in [0.29, 0.717) is 5.54 Å². The number of hydrogen-bond donors (Lipinski definition) is 1. The van der Waals surface area contributed by atoms with Crippen LogP contribution in [0, 0.1) is 0 Å². The van der Waals surface area contributed by atoms with Crippen molar-refractivity contribution < 1.29 is 0 Å². The van der Waals surface area contributed by atoms with Gasteiger partial charge < -0.3 is 5.32 Å². The topological polar surface area (TPSA) is 18.5 Å². The standard InChI is InChI=1S/C15H31N3/c1-14-7-5-4-6-10-17(14)13-15(2,3)18-11-8-16-9-12-18/h14,16H,4-13H2,1-3H3. The first kappa shape index (κ1) is 14.3. The van der Waals surface area contributed by atoms with Crippen LogP contribution in [0.25, 0.3) is 0 Å². The van der Waals surface area contributed by atoms with Crippen LogP contribution < -0.4 is 5.32 Å². The summed E-state index contributed by atoms with van der Waals surface area (Å²) >= 11 is 0. The molecule has 3 heteroatoms. The van der Waals surface area contributed by atoms with Gasteiger partial charge in [0.1, 0.15) is 0 Å². The molecule has 0 aromatic heterocycles. The zero-order valence-corrected chi connectivity index (χ0v) is 12.5. The molecule has 1 unspecified atom stereocenters. The Labute approximate surface area is 113 Å². The molecule has 2 aliphatic rings. The first-order chi connectivity index (χ1) is 8.59. The summed E-state index contributed by atoms with van der Waals surface area (Å²) in [6.07, 6.45) is 5.63. The van der Waals surface area contributed by atoms with Crippen LogP contribution >= 0.6 is 0 Å². The average Bonchev–Trinajstić information content (AvgIpc) is 2.56. The highest BCUT2D eigenvalue weighted by Gasteiger charge is 2.31. The highest BCUT2D eigenvalue weighted by Crippen LogP contribution is 2.22. The van der Waals surface area contributed by atoms with Crippen molar-refractivity contribution in [2.45, 2.75) is 58.0 Å². The van der Waals surface area contributed by atoms with E-state index < -0.39 is 0 Å². The molecule has 2 rings (SSSR count). The lowest BCUT2D eigenvalue weighted by Crippen LogP contribution is -2.58. The van der Waals surface area contributed by atoms with E-state index in [1.54, 1.807) is 0 Å². The molecule has 2 saturated heterocycles. The molecule has 1 atom stereocenters. The van der Waals surface area contributed by atoms with Crippen LogP contribution in [-0.4, -0.2) is 60.6 Å². The highest BCUT2D eigenvalue weighted by molar-refractivity contribution is 4.89. The molecule has 106 valence electrons. The van der Waals surface area contributed by atoms with Crippen LogP contribution in [0.3, 0.4) is 0 Å². The maximum Gasteiger partial charge on any atom is 0.0281 e. The summed E-state index contributed by atoms with van der Waals surface area (Å²) in [4.78, 5) is 5.40. The third-order valence-electron chi connectivity index (χ3n) is 4.75. The van der Waals surface area contributed by atoms with Gasteiger partial charge in [0.15, 0.2) is 0 Å². The minimum atomic E-state index is 0.320. The molecule has 2 aliphatic heterocycles. The quantitative estimate of drug-likeness (QED) is 0.829. The molecule has 0 bridgehead atoms. The van der Waals surface area contributed by atoms with E-state index in [1.807, 2.05) is 0 Å². The molecular weight excluding hydrogens is 222 g/mol. The van der Waals surface area contributed by atoms with Gasteiger partial charge in [0.25, 0.3) is 0 Å². The number of hydrogen-bond acceptors (Lipinski definition) is 3. The second-order valence-electron chi connectivity index (χ2n) is 6.72. The zero-order chi connectivity index (χ0) is 13.0. The molecule has 0 spiro atoms. The predicted molar refractivity (Wildman–Crippen MR) is 78.0 cm³/mol. The molecule has 0 saturated carbocycles. The Balaban J connectivity index is 1.92. The summed E-state index contributed by atoms with van der Waals surface area (Å²) in [5.74, 6) is 0. The van der Waals surface area contributed by atoms with E-state index in [0.717, 1.165) is 19.1 Å². The monoisotopic (exact) mass is 253 g/mol. The fraction of sp³-hybridized carbons (Fsp3) is 1.00. The van der Waals surface area contributed by atoms with Gasteiger partial charge in [-0.25, -0.2) is 0 Å². The van der Waals surface area contributed by atoms with E-state index in [9.17, 15) is 0 Å². The SMILES string of the molecule is CC1CCCCCN1CC(C)(C)N1CCNCC1. The van der Waals surface area contributed by atoms with Gasteiger partial charge >= 0.3 is 0 Å². The van der Waals surface area contributed by atoms with Crippen molar-refractivity contribution in [3.63, 3.8) is 0 Å². The first-order valence-electron chi connectivity index (χ1n) is 7.79. The number of rotatable bonds is 3. The predicted octanol–water partition coefficient (Wildman–Crippen LogP) is 1.93. The summed E-state index contributed by atoms with van der Waals surface area (Å²) in [6, 6.07) is 0.773. The van der Waals surface area contributed by atoms with Crippen molar-refractivity contribution in [2.75, 3.05) is 39.3 Å². The fourth-order valence-corrected chi connectivity index (χ4v) is 3.44. The Kier molecular flexibility index (Phi) is 5.05. The van der Waals surface area contributed by atoms with Crippen LogP contribution in [0.4, 0.5) is 0 Å². The average molecular weight is 253 g/mol. The van der Waals surface area contributed by atoms with E-state index in [-0.39, 0.29) is 0 Å². The molecule has 0 aromatic rings. The van der Waals surface area contributed by atoms with Gasteiger partial charge in [-0.1, -0.05) is 12.8 Å². The summed E-state index contributed by atoms with van der Waals surface area (Å²) in [7, 11) is 0. The van der Waals surface area contributed by atoms with Crippen molar-refractivity contribution in [1.82, 2.24) is 15.1 Å². The molecule has 18 heavy (non-hydrogen) atoms.